The minimum Gasteiger partial charge on any atom is -0.495 e. The lowest BCUT2D eigenvalue weighted by molar-refractivity contribution is 0.251. The molecule has 0 saturated carbocycles. The summed E-state index contributed by atoms with van der Waals surface area (Å²) < 4.78 is 33.2. The number of rotatable bonds is 7. The number of amides is 2. The number of carbonyl (C=O) groups excluding carboxylic acids is 1. The summed E-state index contributed by atoms with van der Waals surface area (Å²) in [4.78, 5) is 16.1. The minimum atomic E-state index is -3.82. The van der Waals surface area contributed by atoms with Crippen LogP contribution in [0.3, 0.4) is 0 Å². The summed E-state index contributed by atoms with van der Waals surface area (Å²) >= 11 is 0. The quantitative estimate of drug-likeness (QED) is 0.536. The molecule has 3 N–H and O–H groups in total. The summed E-state index contributed by atoms with van der Waals surface area (Å²) in [5.41, 5.74) is 2.58. The molecule has 0 fully saturated rings. The first-order chi connectivity index (χ1) is 14.4. The number of hydrogen-bond acceptors (Lipinski definition) is 5. The number of sulfonamides is 1. The van der Waals surface area contributed by atoms with Crippen molar-refractivity contribution in [1.82, 2.24) is 10.3 Å². The first kappa shape index (κ1) is 21.1. The molecule has 0 aliphatic rings. The standard InChI is InChI=1S/C21H22N4O4S/c1-15-5-10-20(29-2)19(12-15)25-30(27,28)18-8-6-17(7-9-18)24-21(26)23-14-16-4-3-11-22-13-16/h3-13,25H,14H2,1-2H3,(H2,23,24,26). The van der Waals surface area contributed by atoms with Gasteiger partial charge in [0, 0.05) is 24.6 Å². The number of pyridine rings is 1. The molecule has 0 spiro atoms. The maximum absolute atomic E-state index is 12.7. The molecule has 0 atom stereocenters. The van der Waals surface area contributed by atoms with Crippen molar-refractivity contribution in [2.24, 2.45) is 0 Å². The number of anilines is 2. The number of aromatic nitrogens is 1. The average Bonchev–Trinajstić information content (AvgIpc) is 2.73. The Kier molecular flexibility index (Phi) is 6.53. The molecule has 0 radical (unpaired) electrons. The van der Waals surface area contributed by atoms with Crippen LogP contribution in [0.2, 0.25) is 0 Å². The molecule has 0 saturated heterocycles. The van der Waals surface area contributed by atoms with Crippen molar-refractivity contribution in [2.75, 3.05) is 17.1 Å². The predicted molar refractivity (Wildman–Crippen MR) is 115 cm³/mol. The number of nitrogens with zero attached hydrogens (tertiary/aromatic N) is 1. The number of carbonyl (C=O) groups is 1. The van der Waals surface area contributed by atoms with E-state index in [1.54, 1.807) is 30.6 Å². The van der Waals surface area contributed by atoms with Crippen LogP contribution in [0.1, 0.15) is 11.1 Å². The van der Waals surface area contributed by atoms with Gasteiger partial charge in [-0.1, -0.05) is 12.1 Å². The normalized spacial score (nSPS) is 10.9. The Hall–Kier alpha value is -3.59. The van der Waals surface area contributed by atoms with Gasteiger partial charge in [0.05, 0.1) is 17.7 Å². The maximum Gasteiger partial charge on any atom is 0.319 e. The monoisotopic (exact) mass is 426 g/mol. The Morgan fingerprint density at radius 2 is 1.87 bits per heavy atom. The Balaban J connectivity index is 1.64. The molecule has 2 aromatic carbocycles. The van der Waals surface area contributed by atoms with Gasteiger partial charge in [-0.05, 0) is 60.5 Å². The highest BCUT2D eigenvalue weighted by Gasteiger charge is 2.17. The maximum atomic E-state index is 12.7. The lowest BCUT2D eigenvalue weighted by Crippen LogP contribution is -2.28. The molecule has 2 amide bonds. The minimum absolute atomic E-state index is 0.0624. The van der Waals surface area contributed by atoms with Crippen molar-refractivity contribution in [3.8, 4) is 5.75 Å². The second kappa shape index (κ2) is 9.27. The van der Waals surface area contributed by atoms with Gasteiger partial charge in [-0.15, -0.1) is 0 Å². The highest BCUT2D eigenvalue weighted by molar-refractivity contribution is 7.92. The van der Waals surface area contributed by atoms with Crippen LogP contribution in [0.25, 0.3) is 0 Å². The van der Waals surface area contributed by atoms with Crippen molar-refractivity contribution < 1.29 is 17.9 Å². The van der Waals surface area contributed by atoms with Gasteiger partial charge in [0.15, 0.2) is 0 Å². The zero-order valence-corrected chi connectivity index (χ0v) is 17.4. The van der Waals surface area contributed by atoms with Crippen LogP contribution in [-0.2, 0) is 16.6 Å². The zero-order chi connectivity index (χ0) is 21.6. The Morgan fingerprint density at radius 1 is 1.10 bits per heavy atom. The Morgan fingerprint density at radius 3 is 2.53 bits per heavy atom. The molecule has 8 nitrogen and oxygen atoms in total. The lowest BCUT2D eigenvalue weighted by atomic mass is 10.2. The summed E-state index contributed by atoms with van der Waals surface area (Å²) in [5, 5.41) is 5.37. The fraction of sp³-hybridized carbons (Fsp3) is 0.143. The molecular formula is C21H22N4O4S. The fourth-order valence-corrected chi connectivity index (χ4v) is 3.74. The molecule has 0 aliphatic heterocycles. The molecule has 156 valence electrons. The summed E-state index contributed by atoms with van der Waals surface area (Å²) in [5.74, 6) is 0.424. The Bertz CT molecular complexity index is 1120. The van der Waals surface area contributed by atoms with Crippen molar-refractivity contribution in [2.45, 2.75) is 18.4 Å². The number of urea groups is 1. The van der Waals surface area contributed by atoms with E-state index in [1.807, 2.05) is 19.1 Å². The predicted octanol–water partition coefficient (Wildman–Crippen LogP) is 3.52. The number of ether oxygens (including phenoxy) is 1. The largest absolute Gasteiger partial charge is 0.495 e. The second-order valence-corrected chi connectivity index (χ2v) is 8.18. The summed E-state index contributed by atoms with van der Waals surface area (Å²) in [6, 6.07) is 14.3. The molecule has 3 rings (SSSR count). The van der Waals surface area contributed by atoms with Crippen molar-refractivity contribution >= 4 is 27.4 Å². The number of methoxy groups -OCH3 is 1. The molecule has 0 aliphatic carbocycles. The van der Waals surface area contributed by atoms with E-state index in [-0.39, 0.29) is 4.90 Å². The van der Waals surface area contributed by atoms with Crippen molar-refractivity contribution in [1.29, 1.82) is 0 Å². The van der Waals surface area contributed by atoms with E-state index < -0.39 is 16.1 Å². The van der Waals surface area contributed by atoms with Gasteiger partial charge in [-0.3, -0.25) is 9.71 Å². The molecule has 30 heavy (non-hydrogen) atoms. The topological polar surface area (TPSA) is 109 Å². The van der Waals surface area contributed by atoms with E-state index in [4.69, 9.17) is 4.74 Å². The van der Waals surface area contributed by atoms with Crippen LogP contribution >= 0.6 is 0 Å². The van der Waals surface area contributed by atoms with Crippen LogP contribution in [0.5, 0.6) is 5.75 Å². The van der Waals surface area contributed by atoms with Crippen molar-refractivity contribution in [3.05, 3.63) is 78.1 Å². The molecule has 3 aromatic rings. The highest BCUT2D eigenvalue weighted by atomic mass is 32.2. The first-order valence-corrected chi connectivity index (χ1v) is 10.6. The zero-order valence-electron chi connectivity index (χ0n) is 16.5. The average molecular weight is 426 g/mol. The summed E-state index contributed by atoms with van der Waals surface area (Å²) in [6.07, 6.45) is 3.32. The van der Waals surface area contributed by atoms with Crippen LogP contribution < -0.4 is 20.1 Å². The van der Waals surface area contributed by atoms with Gasteiger partial charge in [0.1, 0.15) is 5.75 Å². The van der Waals surface area contributed by atoms with Crippen LogP contribution in [0.4, 0.5) is 16.2 Å². The number of hydrogen-bond donors (Lipinski definition) is 3. The second-order valence-electron chi connectivity index (χ2n) is 6.50. The van der Waals surface area contributed by atoms with Gasteiger partial charge in [0.25, 0.3) is 10.0 Å². The smallest absolute Gasteiger partial charge is 0.319 e. The SMILES string of the molecule is COc1ccc(C)cc1NS(=O)(=O)c1ccc(NC(=O)NCc2cccnc2)cc1. The summed E-state index contributed by atoms with van der Waals surface area (Å²) in [6.45, 7) is 2.19. The van der Waals surface area contributed by atoms with Crippen LogP contribution in [-0.4, -0.2) is 26.5 Å². The van der Waals surface area contributed by atoms with E-state index in [0.29, 0.717) is 23.7 Å². The first-order valence-electron chi connectivity index (χ1n) is 9.09. The fourth-order valence-electron chi connectivity index (χ4n) is 2.68. The molecule has 1 aromatic heterocycles. The van der Waals surface area contributed by atoms with E-state index in [2.05, 4.69) is 20.3 Å². The molecule has 0 bridgehead atoms. The van der Waals surface area contributed by atoms with E-state index in [1.165, 1.54) is 31.4 Å². The lowest BCUT2D eigenvalue weighted by Gasteiger charge is -2.13. The van der Waals surface area contributed by atoms with Gasteiger partial charge < -0.3 is 15.4 Å². The van der Waals surface area contributed by atoms with Crippen LogP contribution in [0.15, 0.2) is 71.9 Å². The van der Waals surface area contributed by atoms with Crippen molar-refractivity contribution in [3.63, 3.8) is 0 Å². The van der Waals surface area contributed by atoms with Gasteiger partial charge in [-0.25, -0.2) is 13.2 Å². The number of nitrogens with one attached hydrogen (secondary N) is 3. The van der Waals surface area contributed by atoms with Crippen LogP contribution in [0, 0.1) is 6.92 Å². The molecule has 0 unspecified atom stereocenters. The third-order valence-electron chi connectivity index (χ3n) is 4.20. The third kappa shape index (κ3) is 5.48. The Labute approximate surface area is 175 Å². The number of aryl methyl sites for hydroxylation is 1. The summed E-state index contributed by atoms with van der Waals surface area (Å²) in [7, 11) is -2.34. The van der Waals surface area contributed by atoms with Gasteiger partial charge in [-0.2, -0.15) is 0 Å². The van der Waals surface area contributed by atoms with E-state index >= 15 is 0 Å². The molecular weight excluding hydrogens is 404 g/mol. The third-order valence-corrected chi connectivity index (χ3v) is 5.58. The highest BCUT2D eigenvalue weighted by Crippen LogP contribution is 2.28. The van der Waals surface area contributed by atoms with E-state index in [0.717, 1.165) is 11.1 Å². The number of benzene rings is 2. The van der Waals surface area contributed by atoms with E-state index in [9.17, 15) is 13.2 Å². The van der Waals surface area contributed by atoms with Gasteiger partial charge >= 0.3 is 6.03 Å². The molecule has 9 heteroatoms. The molecule has 1 heterocycles. The van der Waals surface area contributed by atoms with Gasteiger partial charge in [0.2, 0.25) is 0 Å².